The number of rotatable bonds is 3. The van der Waals surface area contributed by atoms with Crippen LogP contribution in [0.1, 0.15) is 6.92 Å². The Balaban J connectivity index is 1.86. The van der Waals surface area contributed by atoms with E-state index in [4.69, 9.17) is 0 Å². The molecule has 3 amide bonds. The van der Waals surface area contributed by atoms with Gasteiger partial charge in [0.1, 0.15) is 10.9 Å². The molecule has 106 valence electrons. The highest BCUT2D eigenvalue weighted by Gasteiger charge is 2.34. The SMILES string of the molecule is CC1NC(=O)N(CCn2c(=O)n(C)c3sccc32)C1=O. The molecular weight excluding hydrogens is 280 g/mol. The number of amides is 3. The van der Waals surface area contributed by atoms with E-state index in [2.05, 4.69) is 5.32 Å². The summed E-state index contributed by atoms with van der Waals surface area (Å²) in [6, 6.07) is 0.986. The second-order valence-corrected chi connectivity index (χ2v) is 5.66. The average Bonchev–Trinajstić information content (AvgIpc) is 3.03. The summed E-state index contributed by atoms with van der Waals surface area (Å²) in [5, 5.41) is 4.46. The topological polar surface area (TPSA) is 76.3 Å². The van der Waals surface area contributed by atoms with E-state index < -0.39 is 12.1 Å². The Kier molecular flexibility index (Phi) is 2.89. The van der Waals surface area contributed by atoms with E-state index in [0.717, 1.165) is 15.2 Å². The monoisotopic (exact) mass is 294 g/mol. The lowest BCUT2D eigenvalue weighted by atomic mass is 10.3. The molecule has 2 aromatic rings. The fraction of sp³-hybridized carbons (Fsp3) is 0.417. The molecule has 20 heavy (non-hydrogen) atoms. The van der Waals surface area contributed by atoms with E-state index in [1.54, 1.807) is 23.1 Å². The van der Waals surface area contributed by atoms with Gasteiger partial charge in [0.05, 0.1) is 5.52 Å². The Hall–Kier alpha value is -2.09. The highest BCUT2D eigenvalue weighted by atomic mass is 32.1. The molecule has 8 heteroatoms. The Labute approximate surface area is 118 Å². The maximum Gasteiger partial charge on any atom is 0.329 e. The molecule has 1 atom stereocenters. The summed E-state index contributed by atoms with van der Waals surface area (Å²) in [7, 11) is 1.72. The van der Waals surface area contributed by atoms with Crippen LogP contribution in [-0.2, 0) is 18.4 Å². The van der Waals surface area contributed by atoms with Gasteiger partial charge in [0.25, 0.3) is 5.91 Å². The van der Waals surface area contributed by atoms with Crippen LogP contribution in [0.3, 0.4) is 0 Å². The van der Waals surface area contributed by atoms with E-state index in [1.807, 2.05) is 11.4 Å². The molecule has 1 fully saturated rings. The third-order valence-electron chi connectivity index (χ3n) is 3.51. The Morgan fingerprint density at radius 3 is 2.70 bits per heavy atom. The molecule has 1 N–H and O–H groups in total. The molecule has 3 rings (SSSR count). The number of aryl methyl sites for hydroxylation is 1. The van der Waals surface area contributed by atoms with Crippen molar-refractivity contribution >= 4 is 33.6 Å². The molecule has 3 heterocycles. The first-order valence-corrected chi connectivity index (χ1v) is 7.13. The van der Waals surface area contributed by atoms with Gasteiger partial charge in [-0.15, -0.1) is 11.3 Å². The number of carbonyl (C=O) groups is 2. The first kappa shape index (κ1) is 12.9. The fourth-order valence-corrected chi connectivity index (χ4v) is 3.27. The fourth-order valence-electron chi connectivity index (χ4n) is 2.41. The lowest BCUT2D eigenvalue weighted by Crippen LogP contribution is -2.36. The molecule has 1 aliphatic rings. The third kappa shape index (κ3) is 1.75. The number of carbonyl (C=O) groups excluding carboxylic acids is 2. The summed E-state index contributed by atoms with van der Waals surface area (Å²) in [5.74, 6) is -0.249. The molecule has 1 unspecified atom stereocenters. The van der Waals surface area contributed by atoms with E-state index in [9.17, 15) is 14.4 Å². The van der Waals surface area contributed by atoms with Crippen molar-refractivity contribution in [3.8, 4) is 0 Å². The Morgan fingerprint density at radius 2 is 2.05 bits per heavy atom. The van der Waals surface area contributed by atoms with Crippen LogP contribution in [0, 0.1) is 0 Å². The van der Waals surface area contributed by atoms with Crippen LogP contribution in [0.25, 0.3) is 10.3 Å². The highest BCUT2D eigenvalue weighted by molar-refractivity contribution is 7.16. The van der Waals surface area contributed by atoms with Gasteiger partial charge >= 0.3 is 11.7 Å². The Morgan fingerprint density at radius 1 is 1.30 bits per heavy atom. The van der Waals surface area contributed by atoms with Crippen molar-refractivity contribution in [3.63, 3.8) is 0 Å². The first-order chi connectivity index (χ1) is 9.50. The second kappa shape index (κ2) is 4.48. The summed E-state index contributed by atoms with van der Waals surface area (Å²) in [6.07, 6.45) is 0. The molecule has 2 aromatic heterocycles. The van der Waals surface area contributed by atoms with Crippen LogP contribution >= 0.6 is 11.3 Å². The molecular formula is C12H14N4O3S. The van der Waals surface area contributed by atoms with Gasteiger partial charge in [0, 0.05) is 20.1 Å². The molecule has 0 aromatic carbocycles. The van der Waals surface area contributed by atoms with Crippen molar-refractivity contribution in [2.75, 3.05) is 6.54 Å². The van der Waals surface area contributed by atoms with Crippen LogP contribution in [-0.4, -0.2) is 38.6 Å². The number of nitrogens with zero attached hydrogens (tertiary/aromatic N) is 3. The van der Waals surface area contributed by atoms with Crippen LogP contribution in [0.5, 0.6) is 0 Å². The van der Waals surface area contributed by atoms with E-state index in [0.29, 0.717) is 6.54 Å². The number of thiophene rings is 1. The first-order valence-electron chi connectivity index (χ1n) is 6.25. The minimum atomic E-state index is -0.490. The summed E-state index contributed by atoms with van der Waals surface area (Å²) < 4.78 is 3.17. The summed E-state index contributed by atoms with van der Waals surface area (Å²) >= 11 is 1.49. The van der Waals surface area contributed by atoms with Crippen LogP contribution in [0.15, 0.2) is 16.2 Å². The quantitative estimate of drug-likeness (QED) is 0.829. The van der Waals surface area contributed by atoms with Gasteiger partial charge in [0.2, 0.25) is 0 Å². The highest BCUT2D eigenvalue weighted by Crippen LogP contribution is 2.19. The molecule has 7 nitrogen and oxygen atoms in total. The zero-order valence-corrected chi connectivity index (χ0v) is 11.9. The lowest BCUT2D eigenvalue weighted by molar-refractivity contribution is -0.127. The average molecular weight is 294 g/mol. The molecule has 1 saturated heterocycles. The number of imide groups is 1. The van der Waals surface area contributed by atoms with Crippen molar-refractivity contribution in [2.45, 2.75) is 19.5 Å². The maximum absolute atomic E-state index is 12.1. The van der Waals surface area contributed by atoms with Gasteiger partial charge in [-0.25, -0.2) is 9.59 Å². The molecule has 0 aliphatic carbocycles. The Bertz CT molecular complexity index is 756. The number of nitrogens with one attached hydrogen (secondary N) is 1. The predicted octanol–water partition coefficient (Wildman–Crippen LogP) is 0.342. The van der Waals surface area contributed by atoms with E-state index in [1.165, 1.54) is 11.3 Å². The summed E-state index contributed by atoms with van der Waals surface area (Å²) in [6.45, 7) is 2.15. The third-order valence-corrected chi connectivity index (χ3v) is 4.49. The smallest absolute Gasteiger partial charge is 0.326 e. The van der Waals surface area contributed by atoms with Crippen molar-refractivity contribution in [1.82, 2.24) is 19.4 Å². The molecule has 0 saturated carbocycles. The minimum absolute atomic E-state index is 0.132. The zero-order valence-electron chi connectivity index (χ0n) is 11.1. The van der Waals surface area contributed by atoms with Crippen LogP contribution in [0.2, 0.25) is 0 Å². The van der Waals surface area contributed by atoms with E-state index in [-0.39, 0.29) is 18.1 Å². The molecule has 1 aliphatic heterocycles. The number of aromatic nitrogens is 2. The number of hydrogen-bond acceptors (Lipinski definition) is 4. The summed E-state index contributed by atoms with van der Waals surface area (Å²) in [4.78, 5) is 37.6. The van der Waals surface area contributed by atoms with Crippen molar-refractivity contribution < 1.29 is 9.59 Å². The molecule has 0 radical (unpaired) electrons. The van der Waals surface area contributed by atoms with Gasteiger partial charge < -0.3 is 5.32 Å². The number of imidazole rings is 1. The zero-order chi connectivity index (χ0) is 14.4. The van der Waals surface area contributed by atoms with Gasteiger partial charge in [0.15, 0.2) is 0 Å². The van der Waals surface area contributed by atoms with Gasteiger partial charge in [-0.05, 0) is 18.4 Å². The second-order valence-electron chi connectivity index (χ2n) is 4.77. The number of hydrogen-bond donors (Lipinski definition) is 1. The molecule has 0 spiro atoms. The van der Waals surface area contributed by atoms with Crippen LogP contribution < -0.4 is 11.0 Å². The lowest BCUT2D eigenvalue weighted by Gasteiger charge is -2.12. The predicted molar refractivity (Wildman–Crippen MR) is 74.8 cm³/mol. The van der Waals surface area contributed by atoms with Gasteiger partial charge in [-0.2, -0.15) is 0 Å². The number of urea groups is 1. The van der Waals surface area contributed by atoms with Crippen molar-refractivity contribution in [2.24, 2.45) is 7.05 Å². The summed E-state index contributed by atoms with van der Waals surface area (Å²) in [5.41, 5.74) is 0.703. The van der Waals surface area contributed by atoms with Gasteiger partial charge in [-0.3, -0.25) is 18.8 Å². The minimum Gasteiger partial charge on any atom is -0.326 e. The maximum atomic E-state index is 12.1. The number of fused-ring (bicyclic) bond motifs is 1. The van der Waals surface area contributed by atoms with Crippen LogP contribution in [0.4, 0.5) is 4.79 Å². The normalized spacial score (nSPS) is 19.1. The van der Waals surface area contributed by atoms with E-state index >= 15 is 0 Å². The van der Waals surface area contributed by atoms with Gasteiger partial charge in [-0.1, -0.05) is 0 Å². The molecule has 0 bridgehead atoms. The largest absolute Gasteiger partial charge is 0.329 e. The standard InChI is InChI=1S/C12H14N4O3S/c1-7-9(17)16(11(18)13-7)5-4-15-8-3-6-20-10(8)14(2)12(15)19/h3,6-7H,4-5H2,1-2H3,(H,13,18). The van der Waals surface area contributed by atoms with Crippen molar-refractivity contribution in [3.05, 3.63) is 21.9 Å². The van der Waals surface area contributed by atoms with Crippen molar-refractivity contribution in [1.29, 1.82) is 0 Å².